The molecule has 2 rings (SSSR count). The molecule has 1 N–H and O–H groups in total. The molecule has 0 aliphatic rings. The van der Waals surface area contributed by atoms with Crippen LogP contribution in [0.25, 0.3) is 10.8 Å². The molecule has 0 amide bonds. The highest BCUT2D eigenvalue weighted by atomic mass is 32.2. The third kappa shape index (κ3) is 3.78. The number of likely N-dealkylation sites (N-methyl/N-ethyl adjacent to an activating group) is 1. The van der Waals surface area contributed by atoms with E-state index in [0.717, 1.165) is 0 Å². The van der Waals surface area contributed by atoms with Crippen LogP contribution in [0.1, 0.15) is 5.56 Å². The summed E-state index contributed by atoms with van der Waals surface area (Å²) in [5.41, 5.74) is 1.18. The second-order valence-electron chi connectivity index (χ2n) is 4.92. The Labute approximate surface area is 114 Å². The number of benzene rings is 2. The van der Waals surface area contributed by atoms with E-state index >= 15 is 0 Å². The highest BCUT2D eigenvalue weighted by Gasteiger charge is 2.15. The van der Waals surface area contributed by atoms with Gasteiger partial charge in [0.25, 0.3) is 0 Å². The first-order valence-electron chi connectivity index (χ1n) is 6.31. The lowest BCUT2D eigenvalue weighted by Gasteiger charge is -2.16. The van der Waals surface area contributed by atoms with Crippen molar-refractivity contribution in [3.63, 3.8) is 0 Å². The summed E-state index contributed by atoms with van der Waals surface area (Å²) in [6.45, 7) is 0. The summed E-state index contributed by atoms with van der Waals surface area (Å²) < 4.78 is 22.8. The fraction of sp³-hybridized carbons (Fsp3) is 0.333. The van der Waals surface area contributed by atoms with Gasteiger partial charge in [-0.25, -0.2) is 8.42 Å². The van der Waals surface area contributed by atoms with E-state index in [9.17, 15) is 8.42 Å². The first kappa shape index (κ1) is 14.0. The predicted octanol–water partition coefficient (Wildman–Crippen LogP) is 2.01. The van der Waals surface area contributed by atoms with Crippen molar-refractivity contribution < 1.29 is 8.42 Å². The molecule has 19 heavy (non-hydrogen) atoms. The molecule has 0 aliphatic heterocycles. The van der Waals surface area contributed by atoms with Crippen molar-refractivity contribution in [3.8, 4) is 0 Å². The number of rotatable bonds is 5. The van der Waals surface area contributed by atoms with Crippen molar-refractivity contribution in [2.45, 2.75) is 12.5 Å². The summed E-state index contributed by atoms with van der Waals surface area (Å²) in [5.74, 6) is 0.159. The molecule has 102 valence electrons. The highest BCUT2D eigenvalue weighted by molar-refractivity contribution is 7.90. The van der Waals surface area contributed by atoms with Crippen LogP contribution < -0.4 is 5.32 Å². The third-order valence-electron chi connectivity index (χ3n) is 3.26. The van der Waals surface area contributed by atoms with Gasteiger partial charge in [-0.1, -0.05) is 42.5 Å². The van der Waals surface area contributed by atoms with Crippen LogP contribution in [-0.4, -0.2) is 33.5 Å². The smallest absolute Gasteiger partial charge is 0.148 e. The van der Waals surface area contributed by atoms with E-state index in [0.29, 0.717) is 6.42 Å². The first-order valence-corrected chi connectivity index (χ1v) is 8.37. The maximum absolute atomic E-state index is 11.4. The quantitative estimate of drug-likeness (QED) is 0.909. The van der Waals surface area contributed by atoms with Gasteiger partial charge in [0.1, 0.15) is 9.84 Å². The molecule has 3 nitrogen and oxygen atoms in total. The van der Waals surface area contributed by atoms with Crippen molar-refractivity contribution in [3.05, 3.63) is 48.0 Å². The lowest BCUT2D eigenvalue weighted by molar-refractivity contribution is 0.567. The predicted molar refractivity (Wildman–Crippen MR) is 80.2 cm³/mol. The van der Waals surface area contributed by atoms with Crippen LogP contribution in [0.5, 0.6) is 0 Å². The Morgan fingerprint density at radius 2 is 1.79 bits per heavy atom. The average molecular weight is 277 g/mol. The molecule has 0 saturated heterocycles. The molecule has 0 heterocycles. The molecule has 0 fully saturated rings. The van der Waals surface area contributed by atoms with Gasteiger partial charge in [-0.3, -0.25) is 0 Å². The molecule has 0 saturated carbocycles. The van der Waals surface area contributed by atoms with Crippen LogP contribution in [0.3, 0.4) is 0 Å². The van der Waals surface area contributed by atoms with Crippen LogP contribution in [0.4, 0.5) is 0 Å². The second kappa shape index (κ2) is 5.72. The van der Waals surface area contributed by atoms with E-state index in [4.69, 9.17) is 0 Å². The van der Waals surface area contributed by atoms with Crippen molar-refractivity contribution in [1.29, 1.82) is 0 Å². The largest absolute Gasteiger partial charge is 0.316 e. The average Bonchev–Trinajstić information content (AvgIpc) is 2.37. The Morgan fingerprint density at radius 1 is 1.11 bits per heavy atom. The number of hydrogen-bond acceptors (Lipinski definition) is 3. The lowest BCUT2D eigenvalue weighted by Crippen LogP contribution is -2.34. The fourth-order valence-electron chi connectivity index (χ4n) is 2.35. The van der Waals surface area contributed by atoms with E-state index in [1.54, 1.807) is 7.05 Å². The molecule has 0 radical (unpaired) electrons. The molecule has 0 aliphatic carbocycles. The lowest BCUT2D eigenvalue weighted by atomic mass is 9.99. The van der Waals surface area contributed by atoms with Crippen LogP contribution in [0.15, 0.2) is 42.5 Å². The van der Waals surface area contributed by atoms with Crippen LogP contribution in [0, 0.1) is 0 Å². The Hall–Kier alpha value is -1.39. The molecule has 4 heteroatoms. The molecule has 1 atom stereocenters. The van der Waals surface area contributed by atoms with E-state index in [2.05, 4.69) is 29.6 Å². The number of sulfone groups is 1. The maximum atomic E-state index is 11.4. The summed E-state index contributed by atoms with van der Waals surface area (Å²) in [4.78, 5) is 0. The molecule has 0 bridgehead atoms. The minimum atomic E-state index is -2.97. The van der Waals surface area contributed by atoms with Crippen molar-refractivity contribution in [1.82, 2.24) is 5.32 Å². The van der Waals surface area contributed by atoms with Gasteiger partial charge in [0.05, 0.1) is 5.75 Å². The molecule has 2 aromatic rings. The van der Waals surface area contributed by atoms with Gasteiger partial charge in [0, 0.05) is 12.3 Å². The number of hydrogen-bond donors (Lipinski definition) is 1. The third-order valence-corrected chi connectivity index (χ3v) is 4.27. The Bertz CT molecular complexity index is 659. The molecule has 1 unspecified atom stereocenters. The van der Waals surface area contributed by atoms with Crippen molar-refractivity contribution >= 4 is 20.6 Å². The molecule has 0 aromatic heterocycles. The normalized spacial score (nSPS) is 13.6. The number of nitrogens with one attached hydrogen (secondary N) is 1. The first-order chi connectivity index (χ1) is 8.99. The second-order valence-corrected chi connectivity index (χ2v) is 7.11. The van der Waals surface area contributed by atoms with E-state index in [1.807, 2.05) is 18.2 Å². The molecular weight excluding hydrogens is 258 g/mol. The molecule has 2 aromatic carbocycles. The zero-order chi connectivity index (χ0) is 13.9. The van der Waals surface area contributed by atoms with Crippen LogP contribution in [-0.2, 0) is 16.3 Å². The van der Waals surface area contributed by atoms with Crippen molar-refractivity contribution in [2.24, 2.45) is 0 Å². The Morgan fingerprint density at radius 3 is 2.47 bits per heavy atom. The maximum Gasteiger partial charge on any atom is 0.148 e. The Kier molecular flexibility index (Phi) is 4.22. The summed E-state index contributed by atoms with van der Waals surface area (Å²) in [7, 11) is -1.16. The summed E-state index contributed by atoms with van der Waals surface area (Å²) in [5, 5.41) is 5.47. The van der Waals surface area contributed by atoms with Gasteiger partial charge in [0.2, 0.25) is 0 Å². The summed E-state index contributed by atoms with van der Waals surface area (Å²) in [6.07, 6.45) is 1.99. The van der Waals surface area contributed by atoms with Crippen molar-refractivity contribution in [2.75, 3.05) is 19.1 Å². The monoisotopic (exact) mass is 277 g/mol. The zero-order valence-electron chi connectivity index (χ0n) is 11.3. The van der Waals surface area contributed by atoms with E-state index in [1.165, 1.54) is 22.6 Å². The summed E-state index contributed by atoms with van der Waals surface area (Å²) in [6, 6.07) is 14.3. The van der Waals surface area contributed by atoms with Crippen LogP contribution >= 0.6 is 0 Å². The molecular formula is C15H19NO2S. The fourth-order valence-corrected chi connectivity index (χ4v) is 3.36. The number of fused-ring (bicyclic) bond motifs is 1. The SMILES string of the molecule is CNC(Cc1cccc2ccccc12)CS(C)(=O)=O. The minimum Gasteiger partial charge on any atom is -0.316 e. The van der Waals surface area contributed by atoms with Gasteiger partial charge >= 0.3 is 0 Å². The van der Waals surface area contributed by atoms with Gasteiger partial charge in [-0.05, 0) is 29.8 Å². The topological polar surface area (TPSA) is 46.2 Å². The standard InChI is InChI=1S/C15H19NO2S/c1-16-14(11-19(2,17)18)10-13-8-5-7-12-6-3-4-9-15(12)13/h3-9,14,16H,10-11H2,1-2H3. The highest BCUT2D eigenvalue weighted by Crippen LogP contribution is 2.20. The zero-order valence-corrected chi connectivity index (χ0v) is 12.1. The van der Waals surface area contributed by atoms with E-state index < -0.39 is 9.84 Å². The molecule has 0 spiro atoms. The minimum absolute atomic E-state index is 0.0548. The van der Waals surface area contributed by atoms with Gasteiger partial charge < -0.3 is 5.32 Å². The summed E-state index contributed by atoms with van der Waals surface area (Å²) >= 11 is 0. The Balaban J connectivity index is 2.29. The van der Waals surface area contributed by atoms with E-state index in [-0.39, 0.29) is 11.8 Å². The van der Waals surface area contributed by atoms with Gasteiger partial charge in [-0.15, -0.1) is 0 Å². The van der Waals surface area contributed by atoms with Gasteiger partial charge in [-0.2, -0.15) is 0 Å². The van der Waals surface area contributed by atoms with Gasteiger partial charge in [0.15, 0.2) is 0 Å². The van der Waals surface area contributed by atoms with Crippen LogP contribution in [0.2, 0.25) is 0 Å².